The summed E-state index contributed by atoms with van der Waals surface area (Å²) in [4.78, 5) is 75.1. The van der Waals surface area contributed by atoms with Crippen molar-refractivity contribution in [3.63, 3.8) is 0 Å². The number of ketones is 1. The molecule has 12 heteroatoms. The molecule has 11 nitrogen and oxygen atoms in total. The van der Waals surface area contributed by atoms with E-state index in [-0.39, 0.29) is 18.8 Å². The molecule has 3 atom stereocenters. The summed E-state index contributed by atoms with van der Waals surface area (Å²) in [5.41, 5.74) is 0.767. The molecule has 1 aliphatic rings. The summed E-state index contributed by atoms with van der Waals surface area (Å²) >= 11 is 0. The van der Waals surface area contributed by atoms with Crippen molar-refractivity contribution in [2.45, 2.75) is 76.4 Å². The van der Waals surface area contributed by atoms with Crippen molar-refractivity contribution in [1.82, 2.24) is 21.3 Å². The number of hydrogen-bond acceptors (Lipinski definition) is 6. The molecule has 5 N–H and O–H groups in total. The van der Waals surface area contributed by atoms with Crippen LogP contribution >= 0.6 is 0 Å². The number of nitrogens with one attached hydrogen (secondary N) is 4. The zero-order valence-electron chi connectivity index (χ0n) is 23.7. The molecule has 2 aromatic carbocycles. The van der Waals surface area contributed by atoms with Crippen molar-refractivity contribution in [3.05, 3.63) is 48.0 Å². The summed E-state index contributed by atoms with van der Waals surface area (Å²) in [6.07, 6.45) is 4.89. The second kappa shape index (κ2) is 15.7. The van der Waals surface area contributed by atoms with Gasteiger partial charge < -0.3 is 26.4 Å². The van der Waals surface area contributed by atoms with Crippen LogP contribution in [0.15, 0.2) is 42.5 Å². The number of hydrogen-bond donors (Lipinski definition) is 5. The van der Waals surface area contributed by atoms with Gasteiger partial charge in [-0.1, -0.05) is 75.1 Å². The first-order valence-corrected chi connectivity index (χ1v) is 14.3. The summed E-state index contributed by atoms with van der Waals surface area (Å²) in [6, 6.07) is 9.83. The number of aliphatic carboxylic acids is 1. The number of rotatable bonds is 14. The molecule has 0 aliphatic heterocycles. The molecule has 4 amide bonds. The number of benzene rings is 2. The molecule has 3 rings (SSSR count). The molecule has 0 bridgehead atoms. The van der Waals surface area contributed by atoms with E-state index in [1.807, 2.05) is 47.8 Å². The van der Waals surface area contributed by atoms with Crippen LogP contribution in [0.1, 0.15) is 57.4 Å². The number of carboxylic acids is 1. The number of amides is 4. The predicted octanol–water partition coefficient (Wildman–Crippen LogP) is 1.75. The van der Waals surface area contributed by atoms with E-state index in [1.54, 1.807) is 6.92 Å². The highest BCUT2D eigenvalue weighted by Crippen LogP contribution is 2.27. The summed E-state index contributed by atoms with van der Waals surface area (Å²) in [7, 11) is 5.40. The van der Waals surface area contributed by atoms with Crippen LogP contribution < -0.4 is 21.3 Å². The number of carbonyl (C=O) groups excluding carboxylic acids is 5. The van der Waals surface area contributed by atoms with Gasteiger partial charge in [-0.05, 0) is 41.5 Å². The number of fused-ring (bicyclic) bond motifs is 1. The molecule has 0 saturated heterocycles. The van der Waals surface area contributed by atoms with E-state index < -0.39 is 60.0 Å². The predicted molar refractivity (Wildman–Crippen MR) is 157 cm³/mol. The monoisotopic (exact) mass is 576 g/mol. The second-order valence-electron chi connectivity index (χ2n) is 10.6. The first-order chi connectivity index (χ1) is 20.1. The van der Waals surface area contributed by atoms with E-state index >= 15 is 0 Å². The Morgan fingerprint density at radius 3 is 2.21 bits per heavy atom. The van der Waals surface area contributed by atoms with E-state index in [2.05, 4.69) is 16.0 Å². The van der Waals surface area contributed by atoms with Crippen molar-refractivity contribution in [2.75, 3.05) is 6.54 Å². The third-order valence-corrected chi connectivity index (χ3v) is 7.47. The van der Waals surface area contributed by atoms with Gasteiger partial charge in [-0.2, -0.15) is 0 Å². The van der Waals surface area contributed by atoms with E-state index in [0.29, 0.717) is 6.42 Å². The Kier molecular flexibility index (Phi) is 12.1. The highest BCUT2D eigenvalue weighted by atomic mass is 16.4. The molecule has 1 fully saturated rings. The third-order valence-electron chi connectivity index (χ3n) is 7.47. The standard InChI is InChI=1S/C30H37BN4O7/c1-2-9-22(26(38)29(41)32-17-24(36)37)33-27(39)23(16-20-14-8-13-18-10-6-7-15-21(18)20)34-28(40)25(35-30(31)42)19-11-4-3-5-12-19/h6-8,10,13-15,19,22-23,25H,2-5,9,11-12,16-17H2,1H3,(H,32,41)(H,33,39)(H,34,40)(H,35,42)(H,36,37)/t22?,23-,25-/m0/s1. The number of carboxylic acid groups (broad SMARTS) is 1. The van der Waals surface area contributed by atoms with Crippen LogP contribution in [0.25, 0.3) is 10.8 Å². The maximum absolute atomic E-state index is 13.7. The highest BCUT2D eigenvalue weighted by molar-refractivity contribution is 6.57. The third kappa shape index (κ3) is 9.15. The van der Waals surface area contributed by atoms with E-state index in [9.17, 15) is 28.8 Å². The Bertz CT molecular complexity index is 1310. The zero-order valence-corrected chi connectivity index (χ0v) is 23.7. The molecule has 1 saturated carbocycles. The smallest absolute Gasteiger partial charge is 0.322 e. The van der Waals surface area contributed by atoms with Crippen LogP contribution in [0.3, 0.4) is 0 Å². The Balaban J connectivity index is 1.89. The van der Waals surface area contributed by atoms with Crippen LogP contribution in [0.5, 0.6) is 0 Å². The van der Waals surface area contributed by atoms with Gasteiger partial charge in [-0.15, -0.1) is 0 Å². The summed E-state index contributed by atoms with van der Waals surface area (Å²) in [5, 5.41) is 20.6. The summed E-state index contributed by atoms with van der Waals surface area (Å²) < 4.78 is 0. The molecule has 2 radical (unpaired) electrons. The Labute approximate surface area is 246 Å². The number of Topliss-reactive ketones (excluding diaryl/α,β-unsaturated/α-hetero) is 1. The van der Waals surface area contributed by atoms with E-state index in [1.165, 1.54) is 0 Å². The molecular weight excluding hydrogens is 539 g/mol. The van der Waals surface area contributed by atoms with Gasteiger partial charge in [0.1, 0.15) is 18.6 Å². The van der Waals surface area contributed by atoms with Gasteiger partial charge >= 0.3 is 5.97 Å². The van der Waals surface area contributed by atoms with Crippen LogP contribution in [0.4, 0.5) is 4.79 Å². The molecule has 222 valence electrons. The average molecular weight is 576 g/mol. The van der Waals surface area contributed by atoms with Crippen LogP contribution in [0.2, 0.25) is 0 Å². The van der Waals surface area contributed by atoms with Gasteiger partial charge in [0.15, 0.2) is 5.81 Å². The lowest BCUT2D eigenvalue weighted by Crippen LogP contribution is -2.58. The Morgan fingerprint density at radius 2 is 1.55 bits per heavy atom. The first kappa shape index (κ1) is 32.3. The minimum absolute atomic E-state index is 0.0606. The van der Waals surface area contributed by atoms with Crippen LogP contribution in [-0.4, -0.2) is 72.9 Å². The average Bonchev–Trinajstić information content (AvgIpc) is 2.98. The van der Waals surface area contributed by atoms with Gasteiger partial charge in [0.2, 0.25) is 25.4 Å². The summed E-state index contributed by atoms with van der Waals surface area (Å²) in [5.74, 6) is -5.71. The molecule has 42 heavy (non-hydrogen) atoms. The first-order valence-electron chi connectivity index (χ1n) is 14.3. The van der Waals surface area contributed by atoms with Gasteiger partial charge in [0, 0.05) is 6.42 Å². The molecule has 0 spiro atoms. The van der Waals surface area contributed by atoms with E-state index in [4.69, 9.17) is 13.0 Å². The Morgan fingerprint density at radius 1 is 0.881 bits per heavy atom. The maximum Gasteiger partial charge on any atom is 0.322 e. The normalized spacial score (nSPS) is 15.5. The maximum atomic E-state index is 13.7. The molecular formula is C30H37BN4O7. The minimum Gasteiger partial charge on any atom is -0.480 e. The molecule has 1 aliphatic carbocycles. The van der Waals surface area contributed by atoms with Crippen molar-refractivity contribution >= 4 is 53.9 Å². The second-order valence-corrected chi connectivity index (χ2v) is 10.6. The number of carbonyl (C=O) groups is 6. The lowest BCUT2D eigenvalue weighted by atomic mass is 9.83. The largest absolute Gasteiger partial charge is 0.480 e. The van der Waals surface area contributed by atoms with Gasteiger partial charge in [0.05, 0.1) is 6.04 Å². The molecule has 0 aromatic heterocycles. The van der Waals surface area contributed by atoms with Gasteiger partial charge in [0.25, 0.3) is 5.91 Å². The summed E-state index contributed by atoms with van der Waals surface area (Å²) in [6.45, 7) is 1.02. The topological polar surface area (TPSA) is 171 Å². The van der Waals surface area contributed by atoms with Gasteiger partial charge in [-0.3, -0.25) is 28.8 Å². The van der Waals surface area contributed by atoms with Gasteiger partial charge in [-0.25, -0.2) is 0 Å². The van der Waals surface area contributed by atoms with Crippen molar-refractivity contribution in [1.29, 1.82) is 0 Å². The lowest BCUT2D eigenvalue weighted by molar-refractivity contribution is -0.143. The van der Waals surface area contributed by atoms with E-state index in [0.717, 1.165) is 48.4 Å². The Hall–Kier alpha value is -4.22. The minimum atomic E-state index is -1.32. The quantitative estimate of drug-likeness (QED) is 0.168. The fourth-order valence-electron chi connectivity index (χ4n) is 5.41. The SMILES string of the molecule is [B]C(=O)N[C@H](C(=O)N[C@@H](Cc1cccc2ccccc12)C(=O)NC(CCC)C(=O)C(=O)NCC(=O)O)C1CCCCC1. The van der Waals surface area contributed by atoms with Crippen molar-refractivity contribution in [2.24, 2.45) is 5.92 Å². The van der Waals surface area contributed by atoms with Crippen molar-refractivity contribution < 1.29 is 33.9 Å². The fraction of sp³-hybridized carbons (Fsp3) is 0.467. The fourth-order valence-corrected chi connectivity index (χ4v) is 5.41. The molecule has 2 aromatic rings. The lowest BCUT2D eigenvalue weighted by Gasteiger charge is -2.31. The zero-order chi connectivity index (χ0) is 30.6. The van der Waals surface area contributed by atoms with Crippen molar-refractivity contribution in [3.8, 4) is 0 Å². The van der Waals surface area contributed by atoms with Crippen LogP contribution in [-0.2, 0) is 30.4 Å². The molecule has 1 unspecified atom stereocenters. The highest BCUT2D eigenvalue weighted by Gasteiger charge is 2.34. The molecule has 0 heterocycles. The van der Waals surface area contributed by atoms with Crippen LogP contribution in [0, 0.1) is 5.92 Å².